The van der Waals surface area contributed by atoms with Gasteiger partial charge in [-0.05, 0) is 25.1 Å². The first-order chi connectivity index (χ1) is 9.08. The molecular weight excluding hydrogens is 248 g/mol. The topological polar surface area (TPSA) is 72.8 Å². The van der Waals surface area contributed by atoms with Gasteiger partial charge in [-0.1, -0.05) is 12.2 Å². The van der Waals surface area contributed by atoms with Gasteiger partial charge in [0.25, 0.3) is 0 Å². The van der Waals surface area contributed by atoms with Crippen molar-refractivity contribution in [3.8, 4) is 5.75 Å². The summed E-state index contributed by atoms with van der Waals surface area (Å²) in [5.74, 6) is -0.810. The molecule has 5 heteroatoms. The van der Waals surface area contributed by atoms with Gasteiger partial charge in [0.05, 0.1) is 25.7 Å². The van der Waals surface area contributed by atoms with Crippen LogP contribution in [0.4, 0.5) is 0 Å². The highest BCUT2D eigenvalue weighted by Crippen LogP contribution is 2.20. The third kappa shape index (κ3) is 4.46. The zero-order valence-electron chi connectivity index (χ0n) is 10.9. The second-order valence-corrected chi connectivity index (χ2v) is 3.68. The third-order valence-corrected chi connectivity index (χ3v) is 2.34. The van der Waals surface area contributed by atoms with Crippen molar-refractivity contribution in [3.63, 3.8) is 0 Å². The summed E-state index contributed by atoms with van der Waals surface area (Å²) in [5.41, 5.74) is 0.767. The van der Waals surface area contributed by atoms with Gasteiger partial charge in [-0.3, -0.25) is 4.79 Å². The lowest BCUT2D eigenvalue weighted by Gasteiger charge is -2.03. The Morgan fingerprint density at radius 1 is 1.37 bits per heavy atom. The zero-order chi connectivity index (χ0) is 14.3. The highest BCUT2D eigenvalue weighted by atomic mass is 16.5. The number of ether oxygens (including phenoxy) is 2. The van der Waals surface area contributed by atoms with E-state index in [0.717, 1.165) is 0 Å². The van der Waals surface area contributed by atoms with Crippen LogP contribution < -0.4 is 0 Å². The number of aromatic hydroxyl groups is 1. The maximum atomic E-state index is 11.3. The predicted molar refractivity (Wildman–Crippen MR) is 69.7 cm³/mol. The second-order valence-electron chi connectivity index (χ2n) is 3.68. The van der Waals surface area contributed by atoms with Gasteiger partial charge < -0.3 is 14.6 Å². The van der Waals surface area contributed by atoms with Crippen molar-refractivity contribution in [1.29, 1.82) is 0 Å². The molecule has 0 spiro atoms. The van der Waals surface area contributed by atoms with Gasteiger partial charge in [0.2, 0.25) is 0 Å². The van der Waals surface area contributed by atoms with Gasteiger partial charge in [-0.25, -0.2) is 4.79 Å². The Morgan fingerprint density at radius 3 is 2.74 bits per heavy atom. The van der Waals surface area contributed by atoms with Crippen LogP contribution in [0.25, 0.3) is 6.08 Å². The lowest BCUT2D eigenvalue weighted by atomic mass is 10.1. The van der Waals surface area contributed by atoms with Crippen LogP contribution in [0.15, 0.2) is 24.3 Å². The average molecular weight is 264 g/mol. The monoisotopic (exact) mass is 264 g/mol. The SMILES string of the molecule is CCOC(=O)CC=Cc1cc(C(=O)OC)ccc1O. The predicted octanol–water partition coefficient (Wildman–Crippen LogP) is 2.15. The second kappa shape index (κ2) is 7.20. The van der Waals surface area contributed by atoms with E-state index in [-0.39, 0.29) is 18.1 Å². The molecule has 0 amide bonds. The van der Waals surface area contributed by atoms with Crippen LogP contribution in [0, 0.1) is 0 Å². The first-order valence-electron chi connectivity index (χ1n) is 5.82. The first-order valence-corrected chi connectivity index (χ1v) is 5.82. The van der Waals surface area contributed by atoms with Crippen molar-refractivity contribution in [2.75, 3.05) is 13.7 Å². The lowest BCUT2D eigenvalue weighted by molar-refractivity contribution is -0.142. The summed E-state index contributed by atoms with van der Waals surface area (Å²) in [5, 5.41) is 9.64. The van der Waals surface area contributed by atoms with Crippen LogP contribution in [0.1, 0.15) is 29.3 Å². The summed E-state index contributed by atoms with van der Waals surface area (Å²) < 4.78 is 9.35. The van der Waals surface area contributed by atoms with Crippen LogP contribution in [-0.2, 0) is 14.3 Å². The van der Waals surface area contributed by atoms with Gasteiger partial charge in [-0.15, -0.1) is 0 Å². The molecule has 0 fully saturated rings. The normalized spacial score (nSPS) is 10.4. The summed E-state index contributed by atoms with van der Waals surface area (Å²) in [6, 6.07) is 4.35. The minimum Gasteiger partial charge on any atom is -0.507 e. The summed E-state index contributed by atoms with van der Waals surface area (Å²) >= 11 is 0. The van der Waals surface area contributed by atoms with E-state index in [1.54, 1.807) is 19.1 Å². The van der Waals surface area contributed by atoms with Gasteiger partial charge >= 0.3 is 11.9 Å². The Morgan fingerprint density at radius 2 is 2.11 bits per heavy atom. The number of hydrogen-bond acceptors (Lipinski definition) is 5. The molecule has 0 aliphatic carbocycles. The Hall–Kier alpha value is -2.30. The van der Waals surface area contributed by atoms with E-state index in [1.165, 1.54) is 25.3 Å². The van der Waals surface area contributed by atoms with Crippen molar-refractivity contribution in [3.05, 3.63) is 35.4 Å². The summed E-state index contributed by atoms with van der Waals surface area (Å²) in [6.45, 7) is 2.06. The molecule has 0 saturated heterocycles. The number of phenolic OH excluding ortho intramolecular Hbond substituents is 1. The highest BCUT2D eigenvalue weighted by molar-refractivity contribution is 5.90. The van der Waals surface area contributed by atoms with Crippen LogP contribution in [0.5, 0.6) is 5.75 Å². The minimum absolute atomic E-state index is 0.0211. The average Bonchev–Trinajstić information content (AvgIpc) is 2.40. The highest BCUT2D eigenvalue weighted by Gasteiger charge is 2.07. The number of carbonyl (C=O) groups excluding carboxylic acids is 2. The fourth-order valence-corrected chi connectivity index (χ4v) is 1.43. The molecule has 1 aromatic carbocycles. The van der Waals surface area contributed by atoms with Gasteiger partial charge in [-0.2, -0.15) is 0 Å². The number of esters is 2. The van der Waals surface area contributed by atoms with E-state index >= 15 is 0 Å². The molecule has 0 aromatic heterocycles. The largest absolute Gasteiger partial charge is 0.507 e. The Bertz CT molecular complexity index is 491. The zero-order valence-corrected chi connectivity index (χ0v) is 10.9. The van der Waals surface area contributed by atoms with E-state index in [1.807, 2.05) is 0 Å². The molecule has 0 heterocycles. The molecule has 0 atom stereocenters. The van der Waals surface area contributed by atoms with Crippen molar-refractivity contribution in [2.24, 2.45) is 0 Å². The van der Waals surface area contributed by atoms with Gasteiger partial charge in [0, 0.05) is 5.56 Å². The van der Waals surface area contributed by atoms with E-state index in [9.17, 15) is 14.7 Å². The molecule has 1 N–H and O–H groups in total. The number of phenols is 1. The number of benzene rings is 1. The summed E-state index contributed by atoms with van der Waals surface area (Å²) in [7, 11) is 1.28. The van der Waals surface area contributed by atoms with Crippen molar-refractivity contribution < 1.29 is 24.2 Å². The van der Waals surface area contributed by atoms with E-state index in [4.69, 9.17) is 4.74 Å². The number of methoxy groups -OCH3 is 1. The molecule has 0 aliphatic heterocycles. The molecular formula is C14H16O5. The minimum atomic E-state index is -0.486. The van der Waals surface area contributed by atoms with Crippen LogP contribution in [0.2, 0.25) is 0 Å². The maximum absolute atomic E-state index is 11.3. The van der Waals surface area contributed by atoms with Gasteiger partial charge in [0.1, 0.15) is 5.75 Å². The van der Waals surface area contributed by atoms with Gasteiger partial charge in [0.15, 0.2) is 0 Å². The van der Waals surface area contributed by atoms with Crippen LogP contribution in [0.3, 0.4) is 0 Å². The van der Waals surface area contributed by atoms with E-state index in [0.29, 0.717) is 17.7 Å². The van der Waals surface area contributed by atoms with E-state index < -0.39 is 5.97 Å². The Labute approximate surface area is 111 Å². The quantitative estimate of drug-likeness (QED) is 0.825. The molecule has 1 aromatic rings. The van der Waals surface area contributed by atoms with Crippen LogP contribution in [-0.4, -0.2) is 30.8 Å². The van der Waals surface area contributed by atoms with Crippen molar-refractivity contribution in [1.82, 2.24) is 0 Å². The lowest BCUT2D eigenvalue weighted by Crippen LogP contribution is -2.02. The molecule has 102 valence electrons. The molecule has 0 radical (unpaired) electrons. The molecule has 1 rings (SSSR count). The standard InChI is InChI=1S/C14H16O5/c1-3-19-13(16)6-4-5-10-9-11(14(17)18-2)7-8-12(10)15/h4-5,7-9,15H,3,6H2,1-2H3. The maximum Gasteiger partial charge on any atom is 0.337 e. The first kappa shape index (κ1) is 14.8. The Balaban J connectivity index is 2.79. The smallest absolute Gasteiger partial charge is 0.337 e. The fraction of sp³-hybridized carbons (Fsp3) is 0.286. The number of rotatable bonds is 5. The number of hydrogen-bond donors (Lipinski definition) is 1. The molecule has 0 aliphatic rings. The van der Waals surface area contributed by atoms with E-state index in [2.05, 4.69) is 4.74 Å². The summed E-state index contributed by atoms with van der Waals surface area (Å²) in [4.78, 5) is 22.5. The third-order valence-electron chi connectivity index (χ3n) is 2.34. The number of carbonyl (C=O) groups is 2. The van der Waals surface area contributed by atoms with Crippen LogP contribution >= 0.6 is 0 Å². The molecule has 19 heavy (non-hydrogen) atoms. The molecule has 0 saturated carbocycles. The summed E-state index contributed by atoms with van der Waals surface area (Å²) in [6.07, 6.45) is 3.22. The van der Waals surface area contributed by atoms with Crippen molar-refractivity contribution >= 4 is 18.0 Å². The Kier molecular flexibility index (Phi) is 5.60. The molecule has 5 nitrogen and oxygen atoms in total. The molecule has 0 bridgehead atoms. The molecule has 0 unspecified atom stereocenters. The fourth-order valence-electron chi connectivity index (χ4n) is 1.43. The van der Waals surface area contributed by atoms with Crippen molar-refractivity contribution in [2.45, 2.75) is 13.3 Å².